The highest BCUT2D eigenvalue weighted by Gasteiger charge is 1.89. The highest BCUT2D eigenvalue weighted by atomic mass is 19.3. The van der Waals surface area contributed by atoms with Gasteiger partial charge in [0.15, 0.2) is 0 Å². The molecule has 0 rings (SSSR count). The van der Waals surface area contributed by atoms with Crippen LogP contribution in [0.2, 0.25) is 0 Å². The summed E-state index contributed by atoms with van der Waals surface area (Å²) in [6, 6.07) is 0. The molecule has 0 aromatic carbocycles. The van der Waals surface area contributed by atoms with Crippen molar-refractivity contribution in [3.8, 4) is 0 Å². The van der Waals surface area contributed by atoms with E-state index in [9.17, 15) is 8.78 Å². The van der Waals surface area contributed by atoms with Gasteiger partial charge in [-0.05, 0) is 18.9 Å². The number of allylic oxidation sites excluding steroid dienone is 2. The van der Waals surface area contributed by atoms with Crippen LogP contribution in [0, 0.1) is 6.92 Å². The third-order valence-electron chi connectivity index (χ3n) is 0.652. The highest BCUT2D eigenvalue weighted by molar-refractivity contribution is 4.83. The fourth-order valence-electron chi connectivity index (χ4n) is 0.317. The van der Waals surface area contributed by atoms with Gasteiger partial charge >= 0.3 is 0 Å². The monoisotopic (exact) mass is 119 g/mol. The van der Waals surface area contributed by atoms with Crippen LogP contribution in [-0.4, -0.2) is 6.43 Å². The third kappa shape index (κ3) is 5.60. The molecular formula is C6H9F2. The van der Waals surface area contributed by atoms with E-state index in [1.54, 1.807) is 0 Å². The predicted octanol–water partition coefficient (Wildman–Crippen LogP) is 2.42. The number of hydrogen-bond donors (Lipinski definition) is 0. The van der Waals surface area contributed by atoms with Crippen LogP contribution < -0.4 is 0 Å². The van der Waals surface area contributed by atoms with Crippen molar-refractivity contribution in [3.63, 3.8) is 0 Å². The zero-order valence-electron chi connectivity index (χ0n) is 4.61. The van der Waals surface area contributed by atoms with Gasteiger partial charge in [-0.15, -0.1) is 0 Å². The van der Waals surface area contributed by atoms with Crippen LogP contribution in [0.1, 0.15) is 12.8 Å². The van der Waals surface area contributed by atoms with Crippen molar-refractivity contribution in [1.29, 1.82) is 0 Å². The van der Waals surface area contributed by atoms with Crippen LogP contribution in [0.5, 0.6) is 0 Å². The van der Waals surface area contributed by atoms with Gasteiger partial charge in [-0.2, -0.15) is 0 Å². The Bertz CT molecular complexity index is 66.9. The van der Waals surface area contributed by atoms with Crippen LogP contribution in [-0.2, 0) is 0 Å². The van der Waals surface area contributed by atoms with Crippen LogP contribution in [0.15, 0.2) is 12.2 Å². The molecule has 2 heteroatoms. The fraction of sp³-hybridized carbons (Fsp3) is 0.500. The SMILES string of the molecule is [CH2]CCC=CC(F)F. The minimum atomic E-state index is -2.30. The van der Waals surface area contributed by atoms with Crippen molar-refractivity contribution in [3.05, 3.63) is 19.1 Å². The zero-order chi connectivity index (χ0) is 6.41. The van der Waals surface area contributed by atoms with Gasteiger partial charge in [0.25, 0.3) is 6.43 Å². The fourth-order valence-corrected chi connectivity index (χ4v) is 0.317. The van der Waals surface area contributed by atoms with Gasteiger partial charge in [0, 0.05) is 0 Å². The van der Waals surface area contributed by atoms with E-state index in [1.807, 2.05) is 0 Å². The van der Waals surface area contributed by atoms with Crippen LogP contribution in [0.25, 0.3) is 0 Å². The Labute approximate surface area is 48.2 Å². The predicted molar refractivity (Wildman–Crippen MR) is 29.7 cm³/mol. The quantitative estimate of drug-likeness (QED) is 0.500. The summed E-state index contributed by atoms with van der Waals surface area (Å²) in [7, 11) is 0. The zero-order valence-corrected chi connectivity index (χ0v) is 4.61. The second-order valence-corrected chi connectivity index (χ2v) is 1.40. The van der Waals surface area contributed by atoms with Gasteiger partial charge in [0.05, 0.1) is 0 Å². The van der Waals surface area contributed by atoms with Crippen molar-refractivity contribution in [1.82, 2.24) is 0 Å². The van der Waals surface area contributed by atoms with Gasteiger partial charge in [-0.3, -0.25) is 0 Å². The molecule has 0 spiro atoms. The van der Waals surface area contributed by atoms with Gasteiger partial charge < -0.3 is 0 Å². The molecule has 0 N–H and O–H groups in total. The van der Waals surface area contributed by atoms with Gasteiger partial charge in [0.2, 0.25) is 0 Å². The smallest absolute Gasteiger partial charge is 0.206 e. The Morgan fingerprint density at radius 2 is 2.12 bits per heavy atom. The summed E-state index contributed by atoms with van der Waals surface area (Å²) < 4.78 is 22.5. The Morgan fingerprint density at radius 3 is 2.50 bits per heavy atom. The molecule has 0 aliphatic heterocycles. The Kier molecular flexibility index (Phi) is 4.51. The maximum atomic E-state index is 11.3. The lowest BCUT2D eigenvalue weighted by Gasteiger charge is -1.84. The normalized spacial score (nSPS) is 11.5. The van der Waals surface area contributed by atoms with E-state index in [0.29, 0.717) is 12.8 Å². The average molecular weight is 119 g/mol. The molecule has 0 aromatic rings. The first-order valence-corrected chi connectivity index (χ1v) is 2.51. The van der Waals surface area contributed by atoms with Crippen LogP contribution in [0.3, 0.4) is 0 Å². The minimum Gasteiger partial charge on any atom is -0.206 e. The second-order valence-electron chi connectivity index (χ2n) is 1.40. The van der Waals surface area contributed by atoms with Gasteiger partial charge in [-0.25, -0.2) is 8.78 Å². The summed E-state index contributed by atoms with van der Waals surface area (Å²) in [6.45, 7) is 3.49. The average Bonchev–Trinajstić information content (AvgIpc) is 1.66. The topological polar surface area (TPSA) is 0 Å². The van der Waals surface area contributed by atoms with E-state index < -0.39 is 6.43 Å². The highest BCUT2D eigenvalue weighted by Crippen LogP contribution is 1.95. The third-order valence-corrected chi connectivity index (χ3v) is 0.652. The molecule has 0 saturated heterocycles. The van der Waals surface area contributed by atoms with Crippen molar-refractivity contribution in [2.24, 2.45) is 0 Å². The number of alkyl halides is 2. The van der Waals surface area contributed by atoms with E-state index in [4.69, 9.17) is 0 Å². The van der Waals surface area contributed by atoms with Crippen molar-refractivity contribution < 1.29 is 8.78 Å². The summed E-state index contributed by atoms with van der Waals surface area (Å²) in [5.41, 5.74) is 0. The van der Waals surface area contributed by atoms with Gasteiger partial charge in [0.1, 0.15) is 0 Å². The maximum absolute atomic E-state index is 11.3. The molecule has 0 saturated carbocycles. The summed E-state index contributed by atoms with van der Waals surface area (Å²) >= 11 is 0. The van der Waals surface area contributed by atoms with E-state index in [0.717, 1.165) is 6.08 Å². The molecule has 0 unspecified atom stereocenters. The van der Waals surface area contributed by atoms with E-state index >= 15 is 0 Å². The summed E-state index contributed by atoms with van der Waals surface area (Å²) in [5.74, 6) is 0. The lowest BCUT2D eigenvalue weighted by atomic mass is 10.3. The Morgan fingerprint density at radius 1 is 1.50 bits per heavy atom. The molecular weight excluding hydrogens is 110 g/mol. The molecule has 0 bridgehead atoms. The lowest BCUT2D eigenvalue weighted by Crippen LogP contribution is -1.78. The minimum absolute atomic E-state index is 0.643. The molecule has 0 aliphatic rings. The van der Waals surface area contributed by atoms with Crippen molar-refractivity contribution in [2.45, 2.75) is 19.3 Å². The first-order chi connectivity index (χ1) is 3.77. The number of hydrogen-bond acceptors (Lipinski definition) is 0. The number of halogens is 2. The molecule has 0 amide bonds. The van der Waals surface area contributed by atoms with Crippen molar-refractivity contribution >= 4 is 0 Å². The molecule has 8 heavy (non-hydrogen) atoms. The molecule has 0 atom stereocenters. The first kappa shape index (κ1) is 7.60. The van der Waals surface area contributed by atoms with E-state index in [2.05, 4.69) is 6.92 Å². The number of rotatable bonds is 3. The molecule has 0 nitrogen and oxygen atoms in total. The lowest BCUT2D eigenvalue weighted by molar-refractivity contribution is 0.204. The molecule has 1 radical (unpaired) electrons. The molecule has 0 aliphatic carbocycles. The molecule has 0 aromatic heterocycles. The summed E-state index contributed by atoms with van der Waals surface area (Å²) in [6.07, 6.45) is 1.35. The van der Waals surface area contributed by atoms with E-state index in [1.165, 1.54) is 6.08 Å². The van der Waals surface area contributed by atoms with Crippen molar-refractivity contribution in [2.75, 3.05) is 0 Å². The first-order valence-electron chi connectivity index (χ1n) is 2.51. The molecule has 0 fully saturated rings. The largest absolute Gasteiger partial charge is 0.257 e. The van der Waals surface area contributed by atoms with Crippen LogP contribution in [0.4, 0.5) is 8.78 Å². The molecule has 47 valence electrons. The second kappa shape index (κ2) is 4.75. The van der Waals surface area contributed by atoms with Gasteiger partial charge in [-0.1, -0.05) is 13.0 Å². The molecule has 0 heterocycles. The number of unbranched alkanes of at least 4 members (excludes halogenated alkanes) is 1. The Hall–Kier alpha value is -0.400. The van der Waals surface area contributed by atoms with Crippen LogP contribution >= 0.6 is 0 Å². The summed E-state index contributed by atoms with van der Waals surface area (Å²) in [5, 5.41) is 0. The summed E-state index contributed by atoms with van der Waals surface area (Å²) in [4.78, 5) is 0. The Balaban J connectivity index is 3.07. The van der Waals surface area contributed by atoms with E-state index in [-0.39, 0.29) is 0 Å². The standard InChI is InChI=1S/C6H9F2/c1-2-3-4-5-6(7)8/h4-6H,1-3H2. The maximum Gasteiger partial charge on any atom is 0.257 e.